The molecule has 2 aliphatic rings. The Balaban J connectivity index is 1.75. The lowest BCUT2D eigenvalue weighted by atomic mass is 9.75. The lowest BCUT2D eigenvalue weighted by Crippen LogP contribution is -2.39. The Hall–Kier alpha value is -2.87. The van der Waals surface area contributed by atoms with Gasteiger partial charge in [-0.1, -0.05) is 30.3 Å². The van der Waals surface area contributed by atoms with Gasteiger partial charge in [0.15, 0.2) is 0 Å². The average molecular weight is 349 g/mol. The molecule has 2 aromatic rings. The molecule has 3 atom stereocenters. The van der Waals surface area contributed by atoms with Gasteiger partial charge in [-0.2, -0.15) is 5.26 Å². The highest BCUT2D eigenvalue weighted by Crippen LogP contribution is 2.41. The van der Waals surface area contributed by atoms with E-state index >= 15 is 0 Å². The Bertz CT molecular complexity index is 872. The molecule has 132 valence electrons. The molecule has 26 heavy (non-hydrogen) atoms. The van der Waals surface area contributed by atoms with E-state index in [1.807, 2.05) is 18.2 Å². The van der Waals surface area contributed by atoms with E-state index < -0.39 is 0 Å². The Morgan fingerprint density at radius 1 is 1.08 bits per heavy atom. The van der Waals surface area contributed by atoms with Crippen LogP contribution >= 0.6 is 0 Å². The first-order valence-corrected chi connectivity index (χ1v) is 8.97. The highest BCUT2D eigenvalue weighted by Gasteiger charge is 2.38. The molecule has 3 unspecified atom stereocenters. The van der Waals surface area contributed by atoms with Crippen LogP contribution in [0.15, 0.2) is 42.5 Å². The number of rotatable bonds is 3. The molecule has 0 spiro atoms. The van der Waals surface area contributed by atoms with Gasteiger partial charge >= 0.3 is 6.03 Å². The molecule has 2 amide bonds. The van der Waals surface area contributed by atoms with E-state index in [-0.39, 0.29) is 29.8 Å². The van der Waals surface area contributed by atoms with Gasteiger partial charge in [-0.25, -0.2) is 9.18 Å². The Kier molecular flexibility index (Phi) is 4.34. The summed E-state index contributed by atoms with van der Waals surface area (Å²) in [6.45, 7) is 0. The van der Waals surface area contributed by atoms with Crippen LogP contribution in [0.1, 0.15) is 36.3 Å². The van der Waals surface area contributed by atoms with Crippen molar-refractivity contribution in [2.45, 2.75) is 43.7 Å². The third-order valence-electron chi connectivity index (χ3n) is 5.51. The summed E-state index contributed by atoms with van der Waals surface area (Å²) in [5, 5.41) is 15.2. The average Bonchev–Trinajstić information content (AvgIpc) is 3.01. The maximum Gasteiger partial charge on any atom is 0.315 e. The Morgan fingerprint density at radius 2 is 1.85 bits per heavy atom. The fourth-order valence-corrected chi connectivity index (χ4v) is 4.36. The van der Waals surface area contributed by atoms with Crippen LogP contribution in [-0.2, 0) is 6.42 Å². The standard InChI is InChI=1S/C21H20FN3O/c22-16-7-4-13(5-8-16)17-3-1-2-14(10-11-23)20(17)15-6-9-18-19(12-15)25-21(26)24-18/h1-5,7-8,15,18-19H,6,9-10,12H2,(H2,24,25,26). The van der Waals surface area contributed by atoms with Crippen molar-refractivity contribution < 1.29 is 9.18 Å². The van der Waals surface area contributed by atoms with E-state index in [1.165, 1.54) is 17.7 Å². The minimum Gasteiger partial charge on any atom is -0.333 e. The van der Waals surface area contributed by atoms with Crippen LogP contribution in [0.2, 0.25) is 0 Å². The molecule has 4 nitrogen and oxygen atoms in total. The molecule has 5 heteroatoms. The van der Waals surface area contributed by atoms with Gasteiger partial charge in [-0.05, 0) is 59.6 Å². The number of halogens is 1. The number of nitrogens with one attached hydrogen (secondary N) is 2. The molecule has 0 radical (unpaired) electrons. The number of amides is 2. The number of urea groups is 1. The van der Waals surface area contributed by atoms with Gasteiger partial charge in [0, 0.05) is 0 Å². The maximum atomic E-state index is 13.4. The van der Waals surface area contributed by atoms with Gasteiger partial charge in [0.25, 0.3) is 0 Å². The highest BCUT2D eigenvalue weighted by molar-refractivity contribution is 5.77. The minimum atomic E-state index is -0.260. The number of nitrogens with zero attached hydrogens (tertiary/aromatic N) is 1. The lowest BCUT2D eigenvalue weighted by molar-refractivity contribution is 0.247. The number of hydrogen-bond donors (Lipinski definition) is 2. The highest BCUT2D eigenvalue weighted by atomic mass is 19.1. The van der Waals surface area contributed by atoms with Gasteiger partial charge in [0.1, 0.15) is 5.82 Å². The number of benzene rings is 2. The third-order valence-corrected chi connectivity index (χ3v) is 5.51. The van der Waals surface area contributed by atoms with Crippen molar-refractivity contribution in [2.24, 2.45) is 0 Å². The van der Waals surface area contributed by atoms with Crippen LogP contribution < -0.4 is 10.6 Å². The zero-order chi connectivity index (χ0) is 18.1. The Labute approximate surface area is 152 Å². The summed E-state index contributed by atoms with van der Waals surface area (Å²) in [7, 11) is 0. The minimum absolute atomic E-state index is 0.0929. The quantitative estimate of drug-likeness (QED) is 0.883. The zero-order valence-corrected chi connectivity index (χ0v) is 14.3. The van der Waals surface area contributed by atoms with Crippen LogP contribution in [0.25, 0.3) is 11.1 Å². The first kappa shape index (κ1) is 16.6. The van der Waals surface area contributed by atoms with Gasteiger partial charge in [0.05, 0.1) is 24.6 Å². The van der Waals surface area contributed by atoms with Crippen LogP contribution in [0.3, 0.4) is 0 Å². The first-order valence-electron chi connectivity index (χ1n) is 8.97. The van der Waals surface area contributed by atoms with Gasteiger partial charge in [-0.15, -0.1) is 0 Å². The molecule has 4 rings (SSSR count). The predicted octanol–water partition coefficient (Wildman–Crippen LogP) is 3.88. The van der Waals surface area contributed by atoms with Crippen LogP contribution in [0, 0.1) is 17.1 Å². The molecule has 1 aliphatic carbocycles. The number of fused-ring (bicyclic) bond motifs is 1. The van der Waals surface area contributed by atoms with E-state index in [0.29, 0.717) is 6.42 Å². The summed E-state index contributed by atoms with van der Waals surface area (Å²) in [6.07, 6.45) is 3.07. The molecular formula is C21H20FN3O. The summed E-state index contributed by atoms with van der Waals surface area (Å²) in [5.41, 5.74) is 4.20. The molecule has 2 aromatic carbocycles. The van der Waals surface area contributed by atoms with Crippen LogP contribution in [0.4, 0.5) is 9.18 Å². The lowest BCUT2D eigenvalue weighted by Gasteiger charge is -2.33. The number of nitriles is 1. The van der Waals surface area contributed by atoms with E-state index in [9.17, 15) is 14.4 Å². The summed E-state index contributed by atoms with van der Waals surface area (Å²) < 4.78 is 13.4. The third kappa shape index (κ3) is 3.03. The molecule has 1 saturated carbocycles. The van der Waals surface area contributed by atoms with E-state index in [0.717, 1.165) is 36.0 Å². The fraction of sp³-hybridized carbons (Fsp3) is 0.333. The molecule has 0 bridgehead atoms. The molecule has 1 saturated heterocycles. The molecular weight excluding hydrogens is 329 g/mol. The smallest absolute Gasteiger partial charge is 0.315 e. The van der Waals surface area contributed by atoms with Crippen molar-refractivity contribution in [1.82, 2.24) is 10.6 Å². The number of carbonyl (C=O) groups excluding carboxylic acids is 1. The summed E-state index contributed by atoms with van der Waals surface area (Å²) in [4.78, 5) is 11.6. The van der Waals surface area contributed by atoms with Crippen LogP contribution in [0.5, 0.6) is 0 Å². The normalized spacial score (nSPS) is 24.3. The first-order chi connectivity index (χ1) is 12.7. The van der Waals surface area contributed by atoms with Gasteiger partial charge in [0.2, 0.25) is 0 Å². The SMILES string of the molecule is N#CCc1cccc(-c2ccc(F)cc2)c1C1CCC2NC(=O)NC2C1. The molecule has 2 fully saturated rings. The van der Waals surface area contributed by atoms with Gasteiger partial charge < -0.3 is 10.6 Å². The van der Waals surface area contributed by atoms with Crippen molar-refractivity contribution >= 4 is 6.03 Å². The number of hydrogen-bond acceptors (Lipinski definition) is 2. The topological polar surface area (TPSA) is 64.9 Å². The maximum absolute atomic E-state index is 13.4. The van der Waals surface area contributed by atoms with Crippen molar-refractivity contribution in [3.05, 3.63) is 59.4 Å². The van der Waals surface area contributed by atoms with Crippen molar-refractivity contribution in [2.75, 3.05) is 0 Å². The van der Waals surface area contributed by atoms with E-state index in [2.05, 4.69) is 16.7 Å². The second-order valence-electron chi connectivity index (χ2n) is 7.06. The largest absolute Gasteiger partial charge is 0.333 e. The van der Waals surface area contributed by atoms with Crippen molar-refractivity contribution in [3.63, 3.8) is 0 Å². The molecule has 0 aromatic heterocycles. The second kappa shape index (κ2) is 6.80. The predicted molar refractivity (Wildman–Crippen MR) is 97.0 cm³/mol. The van der Waals surface area contributed by atoms with E-state index in [1.54, 1.807) is 12.1 Å². The van der Waals surface area contributed by atoms with Crippen molar-refractivity contribution in [1.29, 1.82) is 5.26 Å². The zero-order valence-electron chi connectivity index (χ0n) is 14.3. The molecule has 1 aliphatic heterocycles. The Morgan fingerprint density at radius 3 is 2.62 bits per heavy atom. The summed E-state index contributed by atoms with van der Waals surface area (Å²) in [6, 6.07) is 15.0. The molecule has 2 N–H and O–H groups in total. The van der Waals surface area contributed by atoms with E-state index in [4.69, 9.17) is 0 Å². The van der Waals surface area contributed by atoms with Gasteiger partial charge in [-0.3, -0.25) is 0 Å². The fourth-order valence-electron chi connectivity index (χ4n) is 4.36. The molecule has 1 heterocycles. The van der Waals surface area contributed by atoms with Crippen molar-refractivity contribution in [3.8, 4) is 17.2 Å². The summed E-state index contributed by atoms with van der Waals surface area (Å²) in [5.74, 6) is 0.00443. The van der Waals surface area contributed by atoms with Crippen LogP contribution in [-0.4, -0.2) is 18.1 Å². The monoisotopic (exact) mass is 349 g/mol. The number of carbonyl (C=O) groups is 1. The second-order valence-corrected chi connectivity index (χ2v) is 7.06. The summed E-state index contributed by atoms with van der Waals surface area (Å²) >= 11 is 0.